The molecule has 10 heteroatoms. The molecule has 2 amide bonds. The Morgan fingerprint density at radius 3 is 2.13 bits per heavy atom. The van der Waals surface area contributed by atoms with Crippen LogP contribution in [0.25, 0.3) is 0 Å². The Labute approximate surface area is 264 Å². The molecule has 0 heterocycles. The minimum absolute atomic E-state index is 0.00171. The van der Waals surface area contributed by atoms with E-state index in [9.17, 15) is 22.4 Å². The number of nitrogens with one attached hydrogen (secondary N) is 1. The number of sulfonamides is 1. The molecule has 0 spiro atoms. The maximum absolute atomic E-state index is 14.5. The molecule has 0 radical (unpaired) electrons. The van der Waals surface area contributed by atoms with E-state index in [4.69, 9.17) is 4.74 Å². The maximum atomic E-state index is 14.5. The van der Waals surface area contributed by atoms with Gasteiger partial charge >= 0.3 is 0 Å². The third-order valence-electron chi connectivity index (χ3n) is 7.21. The topological polar surface area (TPSA) is 96.0 Å². The Bertz CT molecular complexity index is 1680. The molecule has 8 nitrogen and oxygen atoms in total. The van der Waals surface area contributed by atoms with E-state index in [0.717, 1.165) is 15.4 Å². The fraction of sp³-hybridized carbons (Fsp3) is 0.257. The summed E-state index contributed by atoms with van der Waals surface area (Å²) in [5.41, 5.74) is 2.46. The smallest absolute Gasteiger partial charge is 0.264 e. The average Bonchev–Trinajstić information content (AvgIpc) is 3.03. The molecule has 4 aromatic carbocycles. The number of hydrogen-bond acceptors (Lipinski definition) is 5. The van der Waals surface area contributed by atoms with E-state index in [1.165, 1.54) is 41.3 Å². The van der Waals surface area contributed by atoms with Gasteiger partial charge in [0.05, 0.1) is 17.2 Å². The third-order valence-corrected chi connectivity index (χ3v) is 8.98. The van der Waals surface area contributed by atoms with Crippen LogP contribution in [-0.2, 0) is 32.6 Å². The number of anilines is 1. The van der Waals surface area contributed by atoms with E-state index in [2.05, 4.69) is 5.32 Å². The lowest BCUT2D eigenvalue weighted by Crippen LogP contribution is -2.53. The van der Waals surface area contributed by atoms with Gasteiger partial charge in [-0.2, -0.15) is 0 Å². The van der Waals surface area contributed by atoms with E-state index in [1.54, 1.807) is 50.2 Å². The molecule has 1 unspecified atom stereocenters. The zero-order valence-corrected chi connectivity index (χ0v) is 26.5. The minimum atomic E-state index is -4.28. The lowest BCUT2D eigenvalue weighted by Gasteiger charge is -2.34. The van der Waals surface area contributed by atoms with Crippen molar-refractivity contribution in [2.75, 3.05) is 24.0 Å². The molecule has 0 aliphatic rings. The Hall–Kier alpha value is -4.70. The van der Waals surface area contributed by atoms with Crippen LogP contribution in [0, 0.1) is 12.7 Å². The average molecular weight is 632 g/mol. The second-order valence-electron chi connectivity index (χ2n) is 10.5. The van der Waals surface area contributed by atoms with Crippen molar-refractivity contribution in [3.63, 3.8) is 0 Å². The lowest BCUT2D eigenvalue weighted by atomic mass is 10.0. The second kappa shape index (κ2) is 15.3. The number of rotatable bonds is 14. The first-order chi connectivity index (χ1) is 21.6. The SMILES string of the molecule is CCNC(=O)C(Cc1ccccc1)N(Cc1ccc(F)cc1)C(=O)CN(c1ccccc1OCC)S(=O)(=O)c1ccc(C)cc1. The monoisotopic (exact) mass is 631 g/mol. The maximum Gasteiger partial charge on any atom is 0.264 e. The van der Waals surface area contributed by atoms with Crippen LogP contribution in [0.3, 0.4) is 0 Å². The number of aryl methyl sites for hydroxylation is 1. The van der Waals surface area contributed by atoms with Crippen molar-refractivity contribution >= 4 is 27.5 Å². The first-order valence-electron chi connectivity index (χ1n) is 14.8. The number of ether oxygens (including phenoxy) is 1. The van der Waals surface area contributed by atoms with Crippen molar-refractivity contribution < 1.29 is 27.1 Å². The molecule has 236 valence electrons. The summed E-state index contributed by atoms with van der Waals surface area (Å²) in [4.78, 5) is 29.4. The molecule has 0 aliphatic carbocycles. The van der Waals surface area contributed by atoms with Gasteiger partial charge in [0.15, 0.2) is 0 Å². The Kier molecular flexibility index (Phi) is 11.3. The van der Waals surface area contributed by atoms with E-state index >= 15 is 0 Å². The van der Waals surface area contributed by atoms with E-state index in [0.29, 0.717) is 12.1 Å². The largest absolute Gasteiger partial charge is 0.492 e. The first-order valence-corrected chi connectivity index (χ1v) is 16.2. The summed E-state index contributed by atoms with van der Waals surface area (Å²) in [5, 5.41) is 2.82. The summed E-state index contributed by atoms with van der Waals surface area (Å²) in [5.74, 6) is -1.16. The van der Waals surface area contributed by atoms with Crippen LogP contribution in [0.4, 0.5) is 10.1 Å². The third kappa shape index (κ3) is 8.48. The summed E-state index contributed by atoms with van der Waals surface area (Å²) in [6.07, 6.45) is 0.180. The standard InChI is InChI=1S/C35H38FN3O5S/c1-4-37-35(41)32(23-27-11-7-6-8-12-27)38(24-28-17-19-29(36)20-18-28)34(40)25-39(31-13-9-10-14-33(31)44-5-2)45(42,43)30-21-15-26(3)16-22-30/h6-22,32H,4-5,23-25H2,1-3H3,(H,37,41). The number of amides is 2. The van der Waals surface area contributed by atoms with Gasteiger partial charge in [-0.3, -0.25) is 13.9 Å². The Morgan fingerprint density at radius 2 is 1.49 bits per heavy atom. The van der Waals surface area contributed by atoms with Crippen molar-refractivity contribution in [2.24, 2.45) is 0 Å². The molecule has 0 bridgehead atoms. The summed E-state index contributed by atoms with van der Waals surface area (Å²) in [6, 6.07) is 26.9. The molecule has 4 aromatic rings. The Morgan fingerprint density at radius 1 is 0.844 bits per heavy atom. The minimum Gasteiger partial charge on any atom is -0.492 e. The number of halogens is 1. The van der Waals surface area contributed by atoms with Gasteiger partial charge in [0, 0.05) is 19.5 Å². The summed E-state index contributed by atoms with van der Waals surface area (Å²) in [7, 11) is -4.28. The van der Waals surface area contributed by atoms with Gasteiger partial charge in [-0.15, -0.1) is 0 Å². The van der Waals surface area contributed by atoms with Gasteiger partial charge in [0.1, 0.15) is 24.2 Å². The highest BCUT2D eigenvalue weighted by atomic mass is 32.2. The number of para-hydroxylation sites is 2. The number of benzene rings is 4. The number of carbonyl (C=O) groups is 2. The van der Waals surface area contributed by atoms with Gasteiger partial charge < -0.3 is 15.0 Å². The van der Waals surface area contributed by atoms with Crippen LogP contribution >= 0.6 is 0 Å². The van der Waals surface area contributed by atoms with Crippen LogP contribution in [0.15, 0.2) is 108 Å². The molecule has 0 aliphatic heterocycles. The highest BCUT2D eigenvalue weighted by molar-refractivity contribution is 7.92. The highest BCUT2D eigenvalue weighted by Gasteiger charge is 2.35. The van der Waals surface area contributed by atoms with Gasteiger partial charge in [0.2, 0.25) is 11.8 Å². The van der Waals surface area contributed by atoms with Crippen molar-refractivity contribution in [1.29, 1.82) is 0 Å². The molecule has 1 atom stereocenters. The fourth-order valence-corrected chi connectivity index (χ4v) is 6.35. The molecule has 0 saturated heterocycles. The van der Waals surface area contributed by atoms with Gasteiger partial charge in [-0.05, 0) is 68.3 Å². The summed E-state index contributed by atoms with van der Waals surface area (Å²) >= 11 is 0. The normalized spacial score (nSPS) is 11.8. The van der Waals surface area contributed by atoms with Crippen LogP contribution < -0.4 is 14.4 Å². The van der Waals surface area contributed by atoms with Gasteiger partial charge in [-0.1, -0.05) is 72.3 Å². The molecule has 1 N–H and O–H groups in total. The van der Waals surface area contributed by atoms with Crippen LogP contribution in [0.2, 0.25) is 0 Å². The van der Waals surface area contributed by atoms with E-state index in [-0.39, 0.29) is 41.8 Å². The van der Waals surface area contributed by atoms with Crippen molar-refractivity contribution in [3.05, 3.63) is 126 Å². The highest BCUT2D eigenvalue weighted by Crippen LogP contribution is 2.33. The molecular weight excluding hydrogens is 593 g/mol. The molecule has 45 heavy (non-hydrogen) atoms. The van der Waals surface area contributed by atoms with E-state index < -0.39 is 34.3 Å². The second-order valence-corrected chi connectivity index (χ2v) is 12.3. The molecule has 0 saturated carbocycles. The van der Waals surface area contributed by atoms with Crippen LogP contribution in [0.5, 0.6) is 5.75 Å². The zero-order chi connectivity index (χ0) is 32.4. The van der Waals surface area contributed by atoms with E-state index in [1.807, 2.05) is 37.3 Å². The van der Waals surface area contributed by atoms with Crippen LogP contribution in [0.1, 0.15) is 30.5 Å². The number of nitrogens with zero attached hydrogens (tertiary/aromatic N) is 2. The van der Waals surface area contributed by atoms with Crippen LogP contribution in [-0.4, -0.2) is 50.9 Å². The predicted molar refractivity (Wildman–Crippen MR) is 173 cm³/mol. The summed E-state index contributed by atoms with van der Waals surface area (Å²) < 4.78 is 49.1. The quantitative estimate of drug-likeness (QED) is 0.198. The number of hydrogen-bond donors (Lipinski definition) is 1. The molecule has 0 fully saturated rings. The Balaban J connectivity index is 1.82. The number of carbonyl (C=O) groups excluding carboxylic acids is 2. The molecule has 4 rings (SSSR count). The van der Waals surface area contributed by atoms with Crippen molar-refractivity contribution in [1.82, 2.24) is 10.2 Å². The zero-order valence-electron chi connectivity index (χ0n) is 25.6. The molecule has 0 aromatic heterocycles. The lowest BCUT2D eigenvalue weighted by molar-refractivity contribution is -0.140. The van der Waals surface area contributed by atoms with Gasteiger partial charge in [-0.25, -0.2) is 12.8 Å². The molecular formula is C35H38FN3O5S. The summed E-state index contributed by atoms with van der Waals surface area (Å²) in [6.45, 7) is 5.35. The number of likely N-dealkylation sites (N-methyl/N-ethyl adjacent to an activating group) is 1. The predicted octanol–water partition coefficient (Wildman–Crippen LogP) is 5.50. The fourth-order valence-electron chi connectivity index (χ4n) is 4.92. The first kappa shape index (κ1) is 33.2. The van der Waals surface area contributed by atoms with Crippen molar-refractivity contribution in [3.8, 4) is 5.75 Å². The van der Waals surface area contributed by atoms with Gasteiger partial charge in [0.25, 0.3) is 10.0 Å². The van der Waals surface area contributed by atoms with Crippen molar-refractivity contribution in [2.45, 2.75) is 44.7 Å².